The van der Waals surface area contributed by atoms with Gasteiger partial charge in [0.15, 0.2) is 0 Å². The average Bonchev–Trinajstić information content (AvgIpc) is 2.32. The second-order valence-electron chi connectivity index (χ2n) is 5.96. The van der Waals surface area contributed by atoms with Crippen LogP contribution in [0, 0.1) is 5.92 Å². The summed E-state index contributed by atoms with van der Waals surface area (Å²) in [6, 6.07) is -0.0900. The minimum Gasteiger partial charge on any atom is -0.480 e. The summed E-state index contributed by atoms with van der Waals surface area (Å²) in [4.78, 5) is 24.5. The number of rotatable bonds is 4. The second kappa shape index (κ2) is 5.46. The number of carbonyl (C=O) groups is 2. The molecule has 0 radical (unpaired) electrons. The van der Waals surface area contributed by atoms with Crippen molar-refractivity contribution < 1.29 is 19.4 Å². The Kier molecular flexibility index (Phi) is 4.10. The highest BCUT2D eigenvalue weighted by Gasteiger charge is 2.44. The summed E-state index contributed by atoms with van der Waals surface area (Å²) in [5.41, 5.74) is -0.506. The first-order chi connectivity index (χ1) is 8.89. The first-order valence-electron chi connectivity index (χ1n) is 6.77. The quantitative estimate of drug-likeness (QED) is 0.756. The van der Waals surface area contributed by atoms with Crippen LogP contribution < -0.4 is 5.32 Å². The van der Waals surface area contributed by atoms with E-state index in [2.05, 4.69) is 12.2 Å². The summed E-state index contributed by atoms with van der Waals surface area (Å²) >= 11 is 0. The van der Waals surface area contributed by atoms with Crippen molar-refractivity contribution in [2.24, 2.45) is 5.92 Å². The number of ether oxygens (including phenoxy) is 1. The molecule has 6 nitrogen and oxygen atoms in total. The maximum absolute atomic E-state index is 12.2. The predicted octanol–water partition coefficient (Wildman–Crippen LogP) is 0.0766. The second-order valence-corrected chi connectivity index (χ2v) is 5.96. The van der Waals surface area contributed by atoms with Crippen LogP contribution >= 0.6 is 0 Å². The molecule has 0 aliphatic carbocycles. The lowest BCUT2D eigenvalue weighted by Crippen LogP contribution is -2.66. The van der Waals surface area contributed by atoms with Gasteiger partial charge in [-0.3, -0.25) is 4.79 Å². The van der Waals surface area contributed by atoms with Gasteiger partial charge in [-0.15, -0.1) is 0 Å². The van der Waals surface area contributed by atoms with Crippen LogP contribution in [0.1, 0.15) is 26.7 Å². The third kappa shape index (κ3) is 3.45. The Morgan fingerprint density at radius 1 is 1.47 bits per heavy atom. The monoisotopic (exact) mass is 270 g/mol. The third-order valence-electron chi connectivity index (χ3n) is 3.87. The van der Waals surface area contributed by atoms with Crippen molar-refractivity contribution >= 4 is 11.9 Å². The molecule has 2 heterocycles. The normalized spacial score (nSPS) is 29.7. The topological polar surface area (TPSA) is 78.9 Å². The molecule has 0 aromatic heterocycles. The van der Waals surface area contributed by atoms with E-state index in [0.29, 0.717) is 19.0 Å². The minimum absolute atomic E-state index is 0.0900. The lowest BCUT2D eigenvalue weighted by molar-refractivity contribution is -0.174. The molecule has 0 saturated carbocycles. The van der Waals surface area contributed by atoms with Crippen LogP contribution in [-0.4, -0.2) is 59.8 Å². The van der Waals surface area contributed by atoms with E-state index in [4.69, 9.17) is 9.84 Å². The predicted molar refractivity (Wildman–Crippen MR) is 68.8 cm³/mol. The van der Waals surface area contributed by atoms with Crippen molar-refractivity contribution in [1.29, 1.82) is 0 Å². The number of piperidine rings is 1. The highest BCUT2D eigenvalue weighted by atomic mass is 16.5. The molecule has 0 bridgehead atoms. The SMILES string of the molecule is CC1CCNC(C(=O)N2CC(C)(OCC(=O)O)C2)C1. The van der Waals surface area contributed by atoms with Crippen LogP contribution in [0.3, 0.4) is 0 Å². The van der Waals surface area contributed by atoms with E-state index in [1.165, 1.54) is 0 Å². The van der Waals surface area contributed by atoms with Gasteiger partial charge >= 0.3 is 5.97 Å². The van der Waals surface area contributed by atoms with Gasteiger partial charge in [0.2, 0.25) is 5.91 Å². The van der Waals surface area contributed by atoms with Gasteiger partial charge in [-0.05, 0) is 32.2 Å². The van der Waals surface area contributed by atoms with Crippen LogP contribution in [0.5, 0.6) is 0 Å². The number of aliphatic carboxylic acids is 1. The van der Waals surface area contributed by atoms with Crippen LogP contribution in [-0.2, 0) is 14.3 Å². The Labute approximate surface area is 113 Å². The van der Waals surface area contributed by atoms with Gasteiger partial charge in [-0.25, -0.2) is 4.79 Å². The molecular weight excluding hydrogens is 248 g/mol. The Hall–Kier alpha value is -1.14. The number of carbonyl (C=O) groups excluding carboxylic acids is 1. The van der Waals surface area contributed by atoms with Gasteiger partial charge in [-0.2, -0.15) is 0 Å². The molecular formula is C13H22N2O4. The van der Waals surface area contributed by atoms with E-state index in [1.807, 2.05) is 6.92 Å². The van der Waals surface area contributed by atoms with Gasteiger partial charge in [0.1, 0.15) is 12.2 Å². The zero-order valence-electron chi connectivity index (χ0n) is 11.5. The van der Waals surface area contributed by atoms with Gasteiger partial charge in [-0.1, -0.05) is 6.92 Å². The lowest BCUT2D eigenvalue weighted by Gasteiger charge is -2.48. The fraction of sp³-hybridized carbons (Fsp3) is 0.846. The number of hydrogen-bond acceptors (Lipinski definition) is 4. The Morgan fingerprint density at radius 3 is 2.74 bits per heavy atom. The Balaban J connectivity index is 1.79. The molecule has 108 valence electrons. The number of nitrogens with zero attached hydrogens (tertiary/aromatic N) is 1. The number of carboxylic acid groups (broad SMARTS) is 1. The van der Waals surface area contributed by atoms with E-state index < -0.39 is 11.6 Å². The lowest BCUT2D eigenvalue weighted by atomic mass is 9.90. The standard InChI is InChI=1S/C13H22N2O4/c1-9-3-4-14-10(5-9)12(18)15-7-13(2,8-15)19-6-11(16)17/h9-10,14H,3-8H2,1-2H3,(H,16,17). The summed E-state index contributed by atoms with van der Waals surface area (Å²) in [5, 5.41) is 11.8. The summed E-state index contributed by atoms with van der Waals surface area (Å²) in [7, 11) is 0. The smallest absolute Gasteiger partial charge is 0.329 e. The van der Waals surface area contributed by atoms with Crippen LogP contribution in [0.15, 0.2) is 0 Å². The molecule has 6 heteroatoms. The van der Waals surface area contributed by atoms with Gasteiger partial charge in [0.25, 0.3) is 0 Å². The molecule has 1 amide bonds. The minimum atomic E-state index is -0.978. The largest absolute Gasteiger partial charge is 0.480 e. The fourth-order valence-corrected chi connectivity index (χ4v) is 2.76. The molecule has 19 heavy (non-hydrogen) atoms. The zero-order valence-corrected chi connectivity index (χ0v) is 11.5. The summed E-state index contributed by atoms with van der Waals surface area (Å²) in [6.45, 7) is 5.54. The number of hydrogen-bond donors (Lipinski definition) is 2. The molecule has 2 atom stereocenters. The van der Waals surface area contributed by atoms with Crippen LogP contribution in [0.4, 0.5) is 0 Å². The highest BCUT2D eigenvalue weighted by molar-refractivity contribution is 5.83. The maximum Gasteiger partial charge on any atom is 0.329 e. The number of nitrogens with one attached hydrogen (secondary N) is 1. The summed E-state index contributed by atoms with van der Waals surface area (Å²) in [6.07, 6.45) is 1.99. The summed E-state index contributed by atoms with van der Waals surface area (Å²) in [5.74, 6) is -0.289. The van der Waals surface area contributed by atoms with Gasteiger partial charge in [0.05, 0.1) is 19.1 Å². The molecule has 2 N–H and O–H groups in total. The number of amides is 1. The van der Waals surface area contributed by atoms with E-state index in [9.17, 15) is 9.59 Å². The van der Waals surface area contributed by atoms with Crippen molar-refractivity contribution in [1.82, 2.24) is 10.2 Å². The molecule has 0 spiro atoms. The van der Waals surface area contributed by atoms with E-state index in [1.54, 1.807) is 4.90 Å². The van der Waals surface area contributed by atoms with E-state index in [-0.39, 0.29) is 18.6 Å². The van der Waals surface area contributed by atoms with Crippen LogP contribution in [0.2, 0.25) is 0 Å². The van der Waals surface area contributed by atoms with Crippen molar-refractivity contribution in [2.75, 3.05) is 26.2 Å². The van der Waals surface area contributed by atoms with Crippen molar-refractivity contribution in [3.8, 4) is 0 Å². The summed E-state index contributed by atoms with van der Waals surface area (Å²) < 4.78 is 5.30. The van der Waals surface area contributed by atoms with Crippen molar-refractivity contribution in [3.05, 3.63) is 0 Å². The molecule has 2 aliphatic heterocycles. The molecule has 0 aromatic carbocycles. The molecule has 2 aliphatic rings. The fourth-order valence-electron chi connectivity index (χ4n) is 2.76. The highest BCUT2D eigenvalue weighted by Crippen LogP contribution is 2.27. The van der Waals surface area contributed by atoms with Gasteiger partial charge in [0, 0.05) is 0 Å². The van der Waals surface area contributed by atoms with Gasteiger partial charge < -0.3 is 20.1 Å². The molecule has 0 aromatic rings. The van der Waals surface area contributed by atoms with Crippen molar-refractivity contribution in [3.63, 3.8) is 0 Å². The molecule has 2 rings (SSSR count). The van der Waals surface area contributed by atoms with Crippen LogP contribution in [0.25, 0.3) is 0 Å². The molecule has 2 unspecified atom stereocenters. The molecule has 2 saturated heterocycles. The zero-order chi connectivity index (χ0) is 14.0. The number of carboxylic acids is 1. The van der Waals surface area contributed by atoms with E-state index >= 15 is 0 Å². The number of likely N-dealkylation sites (tertiary alicyclic amines) is 1. The molecule has 2 fully saturated rings. The first-order valence-corrected chi connectivity index (χ1v) is 6.77. The Morgan fingerprint density at radius 2 is 2.16 bits per heavy atom. The Bertz CT molecular complexity index is 366. The average molecular weight is 270 g/mol. The first kappa shape index (κ1) is 14.3. The van der Waals surface area contributed by atoms with E-state index in [0.717, 1.165) is 19.4 Å². The third-order valence-corrected chi connectivity index (χ3v) is 3.87. The maximum atomic E-state index is 12.2. The van der Waals surface area contributed by atoms with Crippen molar-refractivity contribution in [2.45, 2.75) is 38.3 Å².